The summed E-state index contributed by atoms with van der Waals surface area (Å²) in [6.45, 7) is 3.72. The molecule has 0 aliphatic heterocycles. The highest BCUT2D eigenvalue weighted by molar-refractivity contribution is 6.05. The molecule has 0 bridgehead atoms. The Morgan fingerprint density at radius 2 is 1.73 bits per heavy atom. The van der Waals surface area contributed by atoms with E-state index in [9.17, 15) is 4.79 Å². The second-order valence-corrected chi connectivity index (χ2v) is 5.82. The number of para-hydroxylation sites is 2. The van der Waals surface area contributed by atoms with Crippen LogP contribution in [0.15, 0.2) is 60.7 Å². The number of amides is 1. The summed E-state index contributed by atoms with van der Waals surface area (Å²) < 4.78 is 11.2. The monoisotopic (exact) mass is 348 g/mol. The van der Waals surface area contributed by atoms with Crippen LogP contribution in [-0.4, -0.2) is 18.0 Å². The molecule has 132 valence electrons. The molecule has 0 radical (unpaired) electrons. The molecule has 0 fully saturated rings. The molecule has 0 atom stereocenters. The van der Waals surface area contributed by atoms with E-state index in [4.69, 9.17) is 9.47 Å². The average Bonchev–Trinajstić information content (AvgIpc) is 2.62. The fraction of sp³-hybridized carbons (Fsp3) is 0.143. The lowest BCUT2D eigenvalue weighted by Gasteiger charge is -2.12. The maximum absolute atomic E-state index is 12.5. The minimum Gasteiger partial charge on any atom is -0.493 e. The highest BCUT2D eigenvalue weighted by atomic mass is 16.5. The summed E-state index contributed by atoms with van der Waals surface area (Å²) in [4.78, 5) is 16.8. The third kappa shape index (κ3) is 4.00. The van der Waals surface area contributed by atoms with Gasteiger partial charge in [0.25, 0.3) is 5.91 Å². The number of carbonyl (C=O) groups excluding carboxylic acids is 1. The molecule has 0 saturated carbocycles. The molecule has 0 unspecified atom stereocenters. The minimum absolute atomic E-state index is 0.204. The van der Waals surface area contributed by atoms with Crippen LogP contribution in [0.1, 0.15) is 21.7 Å². The van der Waals surface area contributed by atoms with Crippen LogP contribution in [0.4, 0.5) is 5.69 Å². The Morgan fingerprint density at radius 1 is 0.962 bits per heavy atom. The molecule has 1 aromatic heterocycles. The number of nitrogens with zero attached hydrogens (tertiary/aromatic N) is 1. The maximum Gasteiger partial charge on any atom is 0.257 e. The van der Waals surface area contributed by atoms with Gasteiger partial charge in [0, 0.05) is 17.4 Å². The number of carbonyl (C=O) groups is 1. The molecule has 2 aromatic carbocycles. The number of rotatable bonds is 5. The molecule has 0 spiro atoms. The van der Waals surface area contributed by atoms with E-state index >= 15 is 0 Å². The van der Waals surface area contributed by atoms with Crippen molar-refractivity contribution in [3.05, 3.63) is 77.6 Å². The van der Waals surface area contributed by atoms with Crippen LogP contribution in [0.5, 0.6) is 17.2 Å². The number of benzene rings is 2. The van der Waals surface area contributed by atoms with Crippen LogP contribution >= 0.6 is 0 Å². The van der Waals surface area contributed by atoms with Crippen LogP contribution in [-0.2, 0) is 0 Å². The van der Waals surface area contributed by atoms with E-state index in [1.807, 2.05) is 62.4 Å². The smallest absolute Gasteiger partial charge is 0.257 e. The first-order valence-corrected chi connectivity index (χ1v) is 8.23. The van der Waals surface area contributed by atoms with Gasteiger partial charge < -0.3 is 14.8 Å². The van der Waals surface area contributed by atoms with E-state index in [1.165, 1.54) is 0 Å². The first kappa shape index (κ1) is 17.5. The summed E-state index contributed by atoms with van der Waals surface area (Å²) >= 11 is 0. The lowest BCUT2D eigenvalue weighted by molar-refractivity contribution is 0.102. The summed E-state index contributed by atoms with van der Waals surface area (Å²) in [6, 6.07) is 18.2. The molecule has 3 aromatic rings. The Labute approximate surface area is 152 Å². The quantitative estimate of drug-likeness (QED) is 0.723. The Hall–Kier alpha value is -3.34. The number of aryl methyl sites for hydroxylation is 2. The summed E-state index contributed by atoms with van der Waals surface area (Å²) in [6.07, 6.45) is 0. The van der Waals surface area contributed by atoms with E-state index in [1.54, 1.807) is 19.2 Å². The SMILES string of the molecule is COc1ccccc1Oc1cccc(NC(=O)c2ccc(C)nc2C)c1. The molecule has 1 heterocycles. The number of hydrogen-bond donors (Lipinski definition) is 1. The standard InChI is InChI=1S/C21H20N2O3/c1-14-11-12-18(15(2)22-14)21(24)23-16-7-6-8-17(13-16)26-20-10-5-4-9-19(20)25-3/h4-13H,1-3H3,(H,23,24). The number of hydrogen-bond acceptors (Lipinski definition) is 4. The van der Waals surface area contributed by atoms with Gasteiger partial charge in [0.1, 0.15) is 5.75 Å². The van der Waals surface area contributed by atoms with Crippen molar-refractivity contribution in [2.24, 2.45) is 0 Å². The predicted octanol–water partition coefficient (Wildman–Crippen LogP) is 4.75. The molecule has 0 aliphatic rings. The van der Waals surface area contributed by atoms with E-state index in [0.29, 0.717) is 34.2 Å². The second kappa shape index (κ2) is 7.70. The van der Waals surface area contributed by atoms with Gasteiger partial charge in [-0.2, -0.15) is 0 Å². The van der Waals surface area contributed by atoms with Gasteiger partial charge in [-0.15, -0.1) is 0 Å². The van der Waals surface area contributed by atoms with Gasteiger partial charge in [0.15, 0.2) is 11.5 Å². The van der Waals surface area contributed by atoms with Gasteiger partial charge in [0.05, 0.1) is 18.4 Å². The lowest BCUT2D eigenvalue weighted by atomic mass is 10.1. The van der Waals surface area contributed by atoms with Crippen molar-refractivity contribution in [3.8, 4) is 17.2 Å². The van der Waals surface area contributed by atoms with E-state index < -0.39 is 0 Å². The molecular formula is C21H20N2O3. The number of nitrogens with one attached hydrogen (secondary N) is 1. The average molecular weight is 348 g/mol. The fourth-order valence-corrected chi connectivity index (χ4v) is 2.59. The van der Waals surface area contributed by atoms with Crippen molar-refractivity contribution in [2.75, 3.05) is 12.4 Å². The van der Waals surface area contributed by atoms with Crippen molar-refractivity contribution < 1.29 is 14.3 Å². The summed E-state index contributed by atoms with van der Waals surface area (Å²) in [5.41, 5.74) is 2.77. The molecule has 26 heavy (non-hydrogen) atoms. The van der Waals surface area contributed by atoms with Gasteiger partial charge >= 0.3 is 0 Å². The Bertz CT molecular complexity index is 938. The van der Waals surface area contributed by atoms with E-state index in [2.05, 4.69) is 10.3 Å². The second-order valence-electron chi connectivity index (χ2n) is 5.82. The molecule has 1 N–H and O–H groups in total. The van der Waals surface area contributed by atoms with Crippen LogP contribution in [0, 0.1) is 13.8 Å². The third-order valence-electron chi connectivity index (χ3n) is 3.86. The van der Waals surface area contributed by atoms with Crippen molar-refractivity contribution in [1.82, 2.24) is 4.98 Å². The zero-order valence-electron chi connectivity index (χ0n) is 14.9. The molecule has 0 saturated heterocycles. The first-order chi connectivity index (χ1) is 12.6. The lowest BCUT2D eigenvalue weighted by Crippen LogP contribution is -2.14. The summed E-state index contributed by atoms with van der Waals surface area (Å²) in [5, 5.41) is 2.88. The highest BCUT2D eigenvalue weighted by Gasteiger charge is 2.11. The molecule has 5 nitrogen and oxygen atoms in total. The Morgan fingerprint density at radius 3 is 2.46 bits per heavy atom. The van der Waals surface area contributed by atoms with Gasteiger partial charge in [-0.3, -0.25) is 9.78 Å². The topological polar surface area (TPSA) is 60.5 Å². The normalized spacial score (nSPS) is 10.3. The molecular weight excluding hydrogens is 328 g/mol. The molecule has 0 aliphatic carbocycles. The van der Waals surface area contributed by atoms with Crippen molar-refractivity contribution in [1.29, 1.82) is 0 Å². The van der Waals surface area contributed by atoms with Gasteiger partial charge in [-0.05, 0) is 50.2 Å². The zero-order valence-corrected chi connectivity index (χ0v) is 14.9. The number of methoxy groups -OCH3 is 1. The zero-order chi connectivity index (χ0) is 18.5. The van der Waals surface area contributed by atoms with E-state index in [0.717, 1.165) is 5.69 Å². The fourth-order valence-electron chi connectivity index (χ4n) is 2.59. The van der Waals surface area contributed by atoms with Crippen molar-refractivity contribution >= 4 is 11.6 Å². The number of anilines is 1. The van der Waals surface area contributed by atoms with Crippen LogP contribution < -0.4 is 14.8 Å². The molecule has 1 amide bonds. The number of pyridine rings is 1. The highest BCUT2D eigenvalue weighted by Crippen LogP contribution is 2.31. The van der Waals surface area contributed by atoms with Crippen LogP contribution in [0.2, 0.25) is 0 Å². The van der Waals surface area contributed by atoms with Crippen molar-refractivity contribution in [3.63, 3.8) is 0 Å². The Kier molecular flexibility index (Phi) is 5.17. The van der Waals surface area contributed by atoms with Gasteiger partial charge in [-0.1, -0.05) is 18.2 Å². The third-order valence-corrected chi connectivity index (χ3v) is 3.86. The summed E-state index contributed by atoms with van der Waals surface area (Å²) in [5.74, 6) is 1.65. The first-order valence-electron chi connectivity index (χ1n) is 8.23. The predicted molar refractivity (Wildman–Crippen MR) is 101 cm³/mol. The Balaban J connectivity index is 1.78. The van der Waals surface area contributed by atoms with E-state index in [-0.39, 0.29) is 5.91 Å². The maximum atomic E-state index is 12.5. The number of ether oxygens (including phenoxy) is 2. The minimum atomic E-state index is -0.204. The largest absolute Gasteiger partial charge is 0.493 e. The number of aromatic nitrogens is 1. The van der Waals surface area contributed by atoms with Crippen LogP contribution in [0.25, 0.3) is 0 Å². The molecule has 5 heteroatoms. The van der Waals surface area contributed by atoms with Crippen molar-refractivity contribution in [2.45, 2.75) is 13.8 Å². The van der Waals surface area contributed by atoms with Crippen LogP contribution in [0.3, 0.4) is 0 Å². The molecule has 3 rings (SSSR count). The van der Waals surface area contributed by atoms with Gasteiger partial charge in [-0.25, -0.2) is 0 Å². The summed E-state index contributed by atoms with van der Waals surface area (Å²) in [7, 11) is 1.59. The van der Waals surface area contributed by atoms with Gasteiger partial charge in [0.2, 0.25) is 0 Å².